The van der Waals surface area contributed by atoms with Crippen LogP contribution in [0.1, 0.15) is 31.7 Å². The third kappa shape index (κ3) is 4.73. The van der Waals surface area contributed by atoms with Crippen molar-refractivity contribution < 1.29 is 14.3 Å². The molecule has 0 bridgehead atoms. The Morgan fingerprint density at radius 1 is 1.52 bits per heavy atom. The van der Waals surface area contributed by atoms with Gasteiger partial charge < -0.3 is 14.2 Å². The van der Waals surface area contributed by atoms with Crippen LogP contribution < -0.4 is 0 Å². The van der Waals surface area contributed by atoms with E-state index in [2.05, 4.69) is 14.9 Å². The molecular formula is C13H20N4O3S. The lowest BCUT2D eigenvalue weighted by Gasteiger charge is -2.16. The second-order valence-electron chi connectivity index (χ2n) is 5.04. The van der Waals surface area contributed by atoms with Crippen LogP contribution in [-0.2, 0) is 14.3 Å². The molecule has 0 unspecified atom stereocenters. The van der Waals surface area contributed by atoms with Crippen molar-refractivity contribution >= 4 is 23.6 Å². The van der Waals surface area contributed by atoms with Gasteiger partial charge >= 0.3 is 5.97 Å². The van der Waals surface area contributed by atoms with E-state index in [1.807, 2.05) is 4.57 Å². The summed E-state index contributed by atoms with van der Waals surface area (Å²) >= 11 is 1.41. The number of ether oxygens (including phenoxy) is 1. The zero-order valence-corrected chi connectivity index (χ0v) is 13.1. The third-order valence-corrected chi connectivity index (χ3v) is 4.28. The van der Waals surface area contributed by atoms with Gasteiger partial charge in [-0.3, -0.25) is 9.59 Å². The summed E-state index contributed by atoms with van der Waals surface area (Å²) < 4.78 is 6.60. The Morgan fingerprint density at radius 2 is 2.29 bits per heavy atom. The van der Waals surface area contributed by atoms with Gasteiger partial charge in [0.25, 0.3) is 0 Å². The topological polar surface area (TPSA) is 77.3 Å². The molecule has 1 aliphatic rings. The van der Waals surface area contributed by atoms with Crippen LogP contribution in [0, 0.1) is 0 Å². The lowest BCUT2D eigenvalue weighted by molar-refractivity contribution is -0.141. The lowest BCUT2D eigenvalue weighted by atomic mass is 10.3. The molecule has 1 aromatic heterocycles. The highest BCUT2D eigenvalue weighted by Crippen LogP contribution is 2.37. The molecule has 0 aliphatic heterocycles. The number of carbonyl (C=O) groups is 2. The van der Waals surface area contributed by atoms with Gasteiger partial charge in [0, 0.05) is 26.1 Å². The van der Waals surface area contributed by atoms with E-state index in [1.165, 1.54) is 18.9 Å². The number of rotatable bonds is 8. The summed E-state index contributed by atoms with van der Waals surface area (Å²) in [7, 11) is 3.11. The molecule has 0 saturated heterocycles. The SMILES string of the molecule is COC(=O)CCCN(C)C(=O)CSc1nncn1C1CC1. The molecule has 1 fully saturated rings. The van der Waals surface area contributed by atoms with E-state index < -0.39 is 0 Å². The Bertz CT molecular complexity index is 501. The van der Waals surface area contributed by atoms with Crippen LogP contribution in [-0.4, -0.2) is 58.0 Å². The Balaban J connectivity index is 1.70. The summed E-state index contributed by atoms with van der Waals surface area (Å²) in [5, 5.41) is 8.75. The largest absolute Gasteiger partial charge is 0.469 e. The fourth-order valence-corrected chi connectivity index (χ4v) is 2.79. The van der Waals surface area contributed by atoms with Gasteiger partial charge in [0.1, 0.15) is 6.33 Å². The number of methoxy groups -OCH3 is 1. The van der Waals surface area contributed by atoms with Gasteiger partial charge in [-0.1, -0.05) is 11.8 Å². The zero-order valence-electron chi connectivity index (χ0n) is 12.3. The molecule has 116 valence electrons. The number of amides is 1. The van der Waals surface area contributed by atoms with Crippen molar-refractivity contribution in [2.45, 2.75) is 36.9 Å². The number of esters is 1. The zero-order chi connectivity index (χ0) is 15.2. The second kappa shape index (κ2) is 7.44. The number of thioether (sulfide) groups is 1. The fraction of sp³-hybridized carbons (Fsp3) is 0.692. The van der Waals surface area contributed by atoms with Crippen LogP contribution in [0.2, 0.25) is 0 Å². The summed E-state index contributed by atoms with van der Waals surface area (Å²) in [4.78, 5) is 24.6. The van der Waals surface area contributed by atoms with E-state index in [1.54, 1.807) is 18.3 Å². The van der Waals surface area contributed by atoms with Crippen molar-refractivity contribution in [3.8, 4) is 0 Å². The van der Waals surface area contributed by atoms with E-state index in [9.17, 15) is 9.59 Å². The van der Waals surface area contributed by atoms with Crippen LogP contribution in [0.25, 0.3) is 0 Å². The molecule has 1 amide bonds. The molecule has 0 radical (unpaired) electrons. The summed E-state index contributed by atoms with van der Waals surface area (Å²) in [6.07, 6.45) is 4.99. The van der Waals surface area contributed by atoms with Crippen molar-refractivity contribution in [3.05, 3.63) is 6.33 Å². The predicted octanol–water partition coefficient (Wildman–Crippen LogP) is 1.12. The second-order valence-corrected chi connectivity index (χ2v) is 5.98. The molecule has 7 nitrogen and oxygen atoms in total. The molecular weight excluding hydrogens is 292 g/mol. The van der Waals surface area contributed by atoms with Crippen LogP contribution >= 0.6 is 11.8 Å². The Labute approximate surface area is 128 Å². The normalized spacial score (nSPS) is 14.0. The highest BCUT2D eigenvalue weighted by Gasteiger charge is 2.26. The van der Waals surface area contributed by atoms with Crippen LogP contribution in [0.15, 0.2) is 11.5 Å². The lowest BCUT2D eigenvalue weighted by Crippen LogP contribution is -2.29. The van der Waals surface area contributed by atoms with E-state index >= 15 is 0 Å². The molecule has 8 heteroatoms. The molecule has 0 aromatic carbocycles. The van der Waals surface area contributed by atoms with E-state index in [0.717, 1.165) is 18.0 Å². The Morgan fingerprint density at radius 3 is 2.95 bits per heavy atom. The van der Waals surface area contributed by atoms with E-state index in [4.69, 9.17) is 0 Å². The highest BCUT2D eigenvalue weighted by molar-refractivity contribution is 7.99. The first-order valence-corrected chi connectivity index (χ1v) is 7.93. The average Bonchev–Trinajstić information content (AvgIpc) is 3.22. The average molecular weight is 312 g/mol. The van der Waals surface area contributed by atoms with Crippen LogP contribution in [0.5, 0.6) is 0 Å². The maximum atomic E-state index is 12.0. The predicted molar refractivity (Wildman–Crippen MR) is 77.9 cm³/mol. The minimum atomic E-state index is -0.247. The number of hydrogen-bond donors (Lipinski definition) is 0. The van der Waals surface area contributed by atoms with E-state index in [0.29, 0.717) is 31.2 Å². The van der Waals surface area contributed by atoms with Crippen molar-refractivity contribution in [1.29, 1.82) is 0 Å². The van der Waals surface area contributed by atoms with Gasteiger partial charge in [-0.2, -0.15) is 0 Å². The quantitative estimate of drug-likeness (QED) is 0.529. The van der Waals surface area contributed by atoms with Gasteiger partial charge in [0.05, 0.1) is 12.9 Å². The molecule has 0 spiro atoms. The Kier molecular flexibility index (Phi) is 5.60. The van der Waals surface area contributed by atoms with Gasteiger partial charge in [-0.25, -0.2) is 0 Å². The first-order valence-electron chi connectivity index (χ1n) is 6.95. The number of nitrogens with zero attached hydrogens (tertiary/aromatic N) is 4. The Hall–Kier alpha value is -1.57. The van der Waals surface area contributed by atoms with Crippen molar-refractivity contribution in [2.75, 3.05) is 26.5 Å². The first-order chi connectivity index (χ1) is 10.1. The van der Waals surface area contributed by atoms with E-state index in [-0.39, 0.29) is 11.9 Å². The molecule has 2 rings (SSSR count). The standard InChI is InChI=1S/C13H20N4O3S/c1-16(7-3-4-12(19)20-2)11(18)8-21-13-15-14-9-17(13)10-5-6-10/h9-10H,3-8H2,1-2H3. The van der Waals surface area contributed by atoms with Gasteiger partial charge in [0.2, 0.25) is 5.91 Å². The smallest absolute Gasteiger partial charge is 0.305 e. The third-order valence-electron chi connectivity index (χ3n) is 3.33. The number of hydrogen-bond acceptors (Lipinski definition) is 6. The molecule has 1 aromatic rings. The number of carbonyl (C=O) groups excluding carboxylic acids is 2. The molecule has 1 aliphatic carbocycles. The van der Waals surface area contributed by atoms with Gasteiger partial charge in [-0.15, -0.1) is 10.2 Å². The van der Waals surface area contributed by atoms with Crippen molar-refractivity contribution in [3.63, 3.8) is 0 Å². The van der Waals surface area contributed by atoms with Crippen LogP contribution in [0.4, 0.5) is 0 Å². The monoisotopic (exact) mass is 312 g/mol. The summed E-state index contributed by atoms with van der Waals surface area (Å²) in [5.74, 6) is 0.109. The molecule has 0 N–H and O–H groups in total. The summed E-state index contributed by atoms with van der Waals surface area (Å²) in [6, 6.07) is 0.510. The number of aromatic nitrogens is 3. The van der Waals surface area contributed by atoms with Crippen molar-refractivity contribution in [2.24, 2.45) is 0 Å². The minimum Gasteiger partial charge on any atom is -0.469 e. The van der Waals surface area contributed by atoms with Gasteiger partial charge in [0.15, 0.2) is 5.16 Å². The highest BCUT2D eigenvalue weighted by atomic mass is 32.2. The molecule has 0 atom stereocenters. The molecule has 1 saturated carbocycles. The minimum absolute atomic E-state index is 0.0233. The molecule has 21 heavy (non-hydrogen) atoms. The van der Waals surface area contributed by atoms with Crippen molar-refractivity contribution in [1.82, 2.24) is 19.7 Å². The maximum Gasteiger partial charge on any atom is 0.305 e. The maximum absolute atomic E-state index is 12.0. The summed E-state index contributed by atoms with van der Waals surface area (Å²) in [5.41, 5.74) is 0. The summed E-state index contributed by atoms with van der Waals surface area (Å²) in [6.45, 7) is 0.545. The fourth-order valence-electron chi connectivity index (χ4n) is 1.86. The first kappa shape index (κ1) is 15.8. The van der Waals surface area contributed by atoms with Crippen LogP contribution in [0.3, 0.4) is 0 Å². The van der Waals surface area contributed by atoms with Gasteiger partial charge in [-0.05, 0) is 19.3 Å². The molecule has 1 heterocycles.